The lowest BCUT2D eigenvalue weighted by Crippen LogP contribution is -2.44. The number of carbonyl (C=O) groups excluding carboxylic acids is 1. The number of carbonyl (C=O) groups is 1. The number of amides is 1. The number of nitrogens with zero attached hydrogens (tertiary/aromatic N) is 4. The molecule has 4 aromatic rings. The third-order valence-corrected chi connectivity index (χ3v) is 6.19. The summed E-state index contributed by atoms with van der Waals surface area (Å²) in [4.78, 5) is 26.1. The van der Waals surface area contributed by atoms with Crippen molar-refractivity contribution in [3.63, 3.8) is 0 Å². The van der Waals surface area contributed by atoms with Crippen molar-refractivity contribution in [2.45, 2.75) is 50.2 Å². The molecule has 8 nitrogen and oxygen atoms in total. The van der Waals surface area contributed by atoms with Crippen LogP contribution in [-0.2, 0) is 11.3 Å². The Kier molecular flexibility index (Phi) is 6.16. The van der Waals surface area contributed by atoms with Gasteiger partial charge in [0.1, 0.15) is 5.75 Å². The molecule has 0 saturated heterocycles. The summed E-state index contributed by atoms with van der Waals surface area (Å²) in [5, 5.41) is 12.4. The second kappa shape index (κ2) is 8.90. The lowest BCUT2D eigenvalue weighted by molar-refractivity contribution is -0.121. The van der Waals surface area contributed by atoms with E-state index in [2.05, 4.69) is 15.5 Å². The molecule has 0 radical (unpaired) electrons. The van der Waals surface area contributed by atoms with Crippen molar-refractivity contribution < 1.29 is 9.53 Å². The number of aromatic nitrogens is 4. The fourth-order valence-electron chi connectivity index (χ4n) is 3.64. The molecular weight excluding hydrogens is 438 g/mol. The number of ether oxygens (including phenoxy) is 1. The van der Waals surface area contributed by atoms with Gasteiger partial charge in [0.2, 0.25) is 11.7 Å². The average molecular weight is 466 g/mol. The highest BCUT2D eigenvalue weighted by atomic mass is 32.2. The van der Waals surface area contributed by atoms with Crippen LogP contribution >= 0.6 is 11.8 Å². The van der Waals surface area contributed by atoms with Crippen LogP contribution in [0, 0.1) is 0 Å². The summed E-state index contributed by atoms with van der Waals surface area (Å²) in [7, 11) is 1.60. The summed E-state index contributed by atoms with van der Waals surface area (Å²) in [6.07, 6.45) is 0. The summed E-state index contributed by atoms with van der Waals surface area (Å²) >= 11 is 1.31. The molecule has 0 aliphatic heterocycles. The second-order valence-corrected chi connectivity index (χ2v) is 10.1. The molecule has 33 heavy (non-hydrogen) atoms. The summed E-state index contributed by atoms with van der Waals surface area (Å²) in [5.41, 5.74) is 1.06. The lowest BCUT2D eigenvalue weighted by atomic mass is 10.1. The minimum absolute atomic E-state index is 0.0871. The van der Waals surface area contributed by atoms with E-state index in [-0.39, 0.29) is 23.6 Å². The summed E-state index contributed by atoms with van der Waals surface area (Å²) in [6, 6.07) is 14.9. The lowest BCUT2D eigenvalue weighted by Gasteiger charge is -2.22. The fourth-order valence-corrected chi connectivity index (χ4v) is 4.49. The van der Waals surface area contributed by atoms with Gasteiger partial charge in [-0.2, -0.15) is 0 Å². The van der Waals surface area contributed by atoms with Crippen molar-refractivity contribution in [2.24, 2.45) is 0 Å². The molecule has 0 bridgehead atoms. The highest BCUT2D eigenvalue weighted by molar-refractivity contribution is 8.00. The zero-order valence-electron chi connectivity index (χ0n) is 19.3. The van der Waals surface area contributed by atoms with Crippen LogP contribution in [0.15, 0.2) is 58.5 Å². The predicted molar refractivity (Wildman–Crippen MR) is 130 cm³/mol. The van der Waals surface area contributed by atoms with Crippen LogP contribution < -0.4 is 15.6 Å². The molecule has 2 aromatic heterocycles. The summed E-state index contributed by atoms with van der Waals surface area (Å²) < 4.78 is 8.91. The molecule has 2 heterocycles. The van der Waals surface area contributed by atoms with Crippen LogP contribution in [0.2, 0.25) is 0 Å². The first-order valence-electron chi connectivity index (χ1n) is 10.7. The number of hydrogen-bond acceptors (Lipinski definition) is 6. The van der Waals surface area contributed by atoms with Crippen LogP contribution in [0.5, 0.6) is 5.75 Å². The van der Waals surface area contributed by atoms with Gasteiger partial charge >= 0.3 is 0 Å². The van der Waals surface area contributed by atoms with Crippen molar-refractivity contribution in [1.29, 1.82) is 0 Å². The third-order valence-electron chi connectivity index (χ3n) is 5.15. The van der Waals surface area contributed by atoms with Crippen molar-refractivity contribution in [3.8, 4) is 5.75 Å². The minimum atomic E-state index is -0.398. The van der Waals surface area contributed by atoms with Gasteiger partial charge in [-0.1, -0.05) is 42.1 Å². The van der Waals surface area contributed by atoms with Gasteiger partial charge in [0.15, 0.2) is 5.16 Å². The fraction of sp³-hybridized carbons (Fsp3) is 0.333. The van der Waals surface area contributed by atoms with Gasteiger partial charge in [-0.05, 0) is 45.9 Å². The molecule has 4 rings (SSSR count). The van der Waals surface area contributed by atoms with Gasteiger partial charge in [-0.3, -0.25) is 18.6 Å². The highest BCUT2D eigenvalue weighted by Gasteiger charge is 2.24. The van der Waals surface area contributed by atoms with Crippen LogP contribution in [0.1, 0.15) is 33.3 Å². The maximum Gasteiger partial charge on any atom is 0.263 e. The molecule has 0 saturated carbocycles. The van der Waals surface area contributed by atoms with E-state index in [1.165, 1.54) is 11.8 Å². The monoisotopic (exact) mass is 465 g/mol. The number of para-hydroxylation sites is 2. The first kappa shape index (κ1) is 22.8. The maximum absolute atomic E-state index is 13.4. The van der Waals surface area contributed by atoms with E-state index >= 15 is 0 Å². The number of hydrogen-bond donors (Lipinski definition) is 1. The number of nitrogens with one attached hydrogen (secondary N) is 1. The Morgan fingerprint density at radius 1 is 1.12 bits per heavy atom. The van der Waals surface area contributed by atoms with E-state index in [0.717, 1.165) is 5.56 Å². The van der Waals surface area contributed by atoms with Crippen LogP contribution in [0.4, 0.5) is 0 Å². The summed E-state index contributed by atoms with van der Waals surface area (Å²) in [6.45, 7) is 7.94. The van der Waals surface area contributed by atoms with Crippen molar-refractivity contribution in [1.82, 2.24) is 24.5 Å². The molecule has 0 aliphatic rings. The van der Waals surface area contributed by atoms with Gasteiger partial charge in [0, 0.05) is 11.1 Å². The number of thioether (sulfide) groups is 1. The van der Waals surface area contributed by atoms with E-state index in [4.69, 9.17) is 4.74 Å². The van der Waals surface area contributed by atoms with Crippen LogP contribution in [0.25, 0.3) is 16.7 Å². The number of benzene rings is 2. The van der Waals surface area contributed by atoms with E-state index in [9.17, 15) is 9.59 Å². The van der Waals surface area contributed by atoms with Crippen molar-refractivity contribution >= 4 is 34.3 Å². The Hall–Kier alpha value is -3.33. The molecule has 1 amide bonds. The average Bonchev–Trinajstić information content (AvgIpc) is 3.19. The smallest absolute Gasteiger partial charge is 0.263 e. The Morgan fingerprint density at radius 3 is 2.55 bits per heavy atom. The standard InChI is InChI=1S/C24H27N5O3S/c1-15(20(30)25-24(2,3)4)33-23-27-26-22-28(14-16-10-6-9-13-19(16)32-5)21(31)17-11-7-8-12-18(17)29(22)23/h6-13,15H,14H2,1-5H3,(H,25,30). The predicted octanol–water partition coefficient (Wildman–Crippen LogP) is 3.50. The first-order chi connectivity index (χ1) is 15.7. The largest absolute Gasteiger partial charge is 0.496 e. The number of rotatable bonds is 6. The summed E-state index contributed by atoms with van der Waals surface area (Å²) in [5.74, 6) is 1.02. The highest BCUT2D eigenvalue weighted by Crippen LogP contribution is 2.26. The normalized spacial score (nSPS) is 12.8. The molecule has 0 spiro atoms. The quantitative estimate of drug-likeness (QED) is 0.439. The molecule has 1 atom stereocenters. The van der Waals surface area contributed by atoms with Crippen molar-refractivity contribution in [2.75, 3.05) is 7.11 Å². The second-order valence-electron chi connectivity index (χ2n) is 8.84. The Morgan fingerprint density at radius 2 is 1.82 bits per heavy atom. The molecule has 0 fully saturated rings. The van der Waals surface area contributed by atoms with E-state index in [1.807, 2.05) is 74.6 Å². The number of fused-ring (bicyclic) bond motifs is 3. The van der Waals surface area contributed by atoms with Crippen LogP contribution in [0.3, 0.4) is 0 Å². The molecular formula is C24H27N5O3S. The zero-order chi connectivity index (χ0) is 23.8. The molecule has 0 aliphatic carbocycles. The van der Waals surface area contributed by atoms with Gasteiger partial charge in [0.05, 0.1) is 29.8 Å². The van der Waals surface area contributed by atoms with E-state index in [0.29, 0.717) is 27.6 Å². The van der Waals surface area contributed by atoms with Crippen LogP contribution in [-0.4, -0.2) is 43.0 Å². The molecule has 172 valence electrons. The van der Waals surface area contributed by atoms with Gasteiger partial charge < -0.3 is 10.1 Å². The maximum atomic E-state index is 13.4. The van der Waals surface area contributed by atoms with Crippen molar-refractivity contribution in [3.05, 3.63) is 64.4 Å². The first-order valence-corrected chi connectivity index (χ1v) is 11.5. The Bertz CT molecular complexity index is 1390. The SMILES string of the molecule is COc1ccccc1Cn1c(=O)c2ccccc2n2c(SC(C)C(=O)NC(C)(C)C)nnc12. The van der Waals surface area contributed by atoms with Gasteiger partial charge in [-0.15, -0.1) is 10.2 Å². The molecule has 1 N–H and O–H groups in total. The van der Waals surface area contributed by atoms with Gasteiger partial charge in [-0.25, -0.2) is 0 Å². The number of methoxy groups -OCH3 is 1. The zero-order valence-corrected chi connectivity index (χ0v) is 20.1. The van der Waals surface area contributed by atoms with E-state index < -0.39 is 5.25 Å². The topological polar surface area (TPSA) is 90.5 Å². The van der Waals surface area contributed by atoms with E-state index in [1.54, 1.807) is 17.7 Å². The third kappa shape index (κ3) is 4.59. The minimum Gasteiger partial charge on any atom is -0.496 e. The Labute approximate surface area is 196 Å². The Balaban J connectivity index is 1.84. The molecule has 2 aromatic carbocycles. The molecule has 9 heteroatoms. The molecule has 1 unspecified atom stereocenters. The van der Waals surface area contributed by atoms with Gasteiger partial charge in [0.25, 0.3) is 5.56 Å².